The van der Waals surface area contributed by atoms with Crippen molar-refractivity contribution in [3.8, 4) is 17.2 Å². The van der Waals surface area contributed by atoms with Gasteiger partial charge in [0.05, 0.1) is 10.0 Å². The van der Waals surface area contributed by atoms with E-state index >= 15 is 0 Å². The molecular formula is C17H13Cl4NO3. The number of hydrogen-bond donors (Lipinski definition) is 1. The SMILES string of the molecule is ClC(Cl)=CCOc1c(Cl)cc(NCc2ccc3c(c2)OCO3)cc1Cl. The predicted molar refractivity (Wildman–Crippen MR) is 102 cm³/mol. The molecule has 0 radical (unpaired) electrons. The lowest BCUT2D eigenvalue weighted by Gasteiger charge is -2.12. The first-order chi connectivity index (χ1) is 12.0. The maximum absolute atomic E-state index is 6.24. The van der Waals surface area contributed by atoms with E-state index in [0.29, 0.717) is 22.3 Å². The highest BCUT2D eigenvalue weighted by Crippen LogP contribution is 2.37. The molecule has 4 nitrogen and oxygen atoms in total. The number of ether oxygens (including phenoxy) is 3. The summed E-state index contributed by atoms with van der Waals surface area (Å²) in [6, 6.07) is 9.25. The normalized spacial score (nSPS) is 12.0. The van der Waals surface area contributed by atoms with Gasteiger partial charge in [0.2, 0.25) is 6.79 Å². The topological polar surface area (TPSA) is 39.7 Å². The third-order valence-corrected chi connectivity index (χ3v) is 4.27. The standard InChI is InChI=1S/C17H13Cl4NO3/c18-12-6-11(7-13(19)17(12)23-4-3-16(20)21)22-8-10-1-2-14-15(5-10)25-9-24-14/h1-3,5-7,22H,4,8-9H2. The summed E-state index contributed by atoms with van der Waals surface area (Å²) in [5, 5.41) is 4.04. The molecule has 0 atom stereocenters. The first-order valence-corrected chi connectivity index (χ1v) is 8.79. The van der Waals surface area contributed by atoms with E-state index in [2.05, 4.69) is 5.32 Å². The Morgan fingerprint density at radius 3 is 2.52 bits per heavy atom. The molecule has 0 aliphatic carbocycles. The lowest BCUT2D eigenvalue weighted by Crippen LogP contribution is -2.01. The molecule has 1 aliphatic rings. The van der Waals surface area contributed by atoms with Gasteiger partial charge in [-0.3, -0.25) is 0 Å². The minimum atomic E-state index is 0.120. The predicted octanol–water partition coefficient (Wildman–Crippen LogP) is 6.03. The number of nitrogens with one attached hydrogen (secondary N) is 1. The summed E-state index contributed by atoms with van der Waals surface area (Å²) in [7, 11) is 0. The largest absolute Gasteiger partial charge is 0.486 e. The van der Waals surface area contributed by atoms with Gasteiger partial charge in [0.25, 0.3) is 0 Å². The van der Waals surface area contributed by atoms with Crippen molar-refractivity contribution >= 4 is 52.1 Å². The molecule has 1 aliphatic heterocycles. The highest BCUT2D eigenvalue weighted by atomic mass is 35.5. The second kappa shape index (κ2) is 8.28. The molecule has 8 heteroatoms. The summed E-state index contributed by atoms with van der Waals surface area (Å²) in [6.07, 6.45) is 1.50. The number of anilines is 1. The lowest BCUT2D eigenvalue weighted by molar-refractivity contribution is 0.174. The Morgan fingerprint density at radius 1 is 1.08 bits per heavy atom. The van der Waals surface area contributed by atoms with Crippen molar-refractivity contribution in [1.82, 2.24) is 0 Å². The van der Waals surface area contributed by atoms with Crippen LogP contribution in [0.4, 0.5) is 5.69 Å². The molecule has 2 aromatic rings. The molecule has 1 heterocycles. The first-order valence-electron chi connectivity index (χ1n) is 7.28. The monoisotopic (exact) mass is 419 g/mol. The molecule has 25 heavy (non-hydrogen) atoms. The van der Waals surface area contributed by atoms with E-state index in [-0.39, 0.29) is 17.9 Å². The molecular weight excluding hydrogens is 408 g/mol. The Labute approximate surface area is 165 Å². The summed E-state index contributed by atoms with van der Waals surface area (Å²) in [4.78, 5) is 0. The first kappa shape index (κ1) is 18.3. The second-order valence-electron chi connectivity index (χ2n) is 5.11. The van der Waals surface area contributed by atoms with E-state index in [4.69, 9.17) is 60.6 Å². The lowest BCUT2D eigenvalue weighted by atomic mass is 10.2. The van der Waals surface area contributed by atoms with Crippen LogP contribution in [0.3, 0.4) is 0 Å². The van der Waals surface area contributed by atoms with E-state index in [1.165, 1.54) is 6.08 Å². The van der Waals surface area contributed by atoms with Gasteiger partial charge < -0.3 is 19.5 Å². The van der Waals surface area contributed by atoms with Crippen LogP contribution in [-0.4, -0.2) is 13.4 Å². The van der Waals surface area contributed by atoms with Gasteiger partial charge in [-0.15, -0.1) is 0 Å². The fourth-order valence-electron chi connectivity index (χ4n) is 2.24. The number of fused-ring (bicyclic) bond motifs is 1. The molecule has 132 valence electrons. The van der Waals surface area contributed by atoms with Crippen LogP contribution in [0.1, 0.15) is 5.56 Å². The third-order valence-electron chi connectivity index (χ3n) is 3.40. The molecule has 0 saturated carbocycles. The van der Waals surface area contributed by atoms with Crippen LogP contribution in [-0.2, 0) is 6.54 Å². The average Bonchev–Trinajstić information content (AvgIpc) is 3.03. The zero-order valence-electron chi connectivity index (χ0n) is 12.8. The van der Waals surface area contributed by atoms with E-state index in [9.17, 15) is 0 Å². The molecule has 0 spiro atoms. The second-order valence-corrected chi connectivity index (χ2v) is 6.94. The van der Waals surface area contributed by atoms with E-state index in [1.54, 1.807) is 12.1 Å². The maximum Gasteiger partial charge on any atom is 0.231 e. The third kappa shape index (κ3) is 4.79. The van der Waals surface area contributed by atoms with Crippen molar-refractivity contribution in [3.05, 3.63) is 56.5 Å². The van der Waals surface area contributed by atoms with Crippen molar-refractivity contribution in [1.29, 1.82) is 0 Å². The smallest absolute Gasteiger partial charge is 0.231 e. The van der Waals surface area contributed by atoms with E-state index in [0.717, 1.165) is 22.7 Å². The Morgan fingerprint density at radius 2 is 1.80 bits per heavy atom. The number of rotatable bonds is 6. The Kier molecular flexibility index (Phi) is 6.07. The maximum atomic E-state index is 6.24. The highest BCUT2D eigenvalue weighted by Gasteiger charge is 2.13. The van der Waals surface area contributed by atoms with Crippen molar-refractivity contribution in [2.45, 2.75) is 6.54 Å². The zero-order valence-corrected chi connectivity index (χ0v) is 15.8. The molecule has 0 amide bonds. The van der Waals surface area contributed by atoms with Gasteiger partial charge in [0, 0.05) is 12.2 Å². The Bertz CT molecular complexity index is 783. The fraction of sp³-hybridized carbons (Fsp3) is 0.176. The summed E-state index contributed by atoms with van der Waals surface area (Å²) in [5.41, 5.74) is 1.81. The molecule has 0 fully saturated rings. The van der Waals surface area contributed by atoms with Crippen LogP contribution < -0.4 is 19.5 Å². The highest BCUT2D eigenvalue weighted by molar-refractivity contribution is 6.55. The number of benzene rings is 2. The summed E-state index contributed by atoms with van der Waals surface area (Å²) in [6.45, 7) is 1.00. The van der Waals surface area contributed by atoms with Crippen molar-refractivity contribution < 1.29 is 14.2 Å². The van der Waals surface area contributed by atoms with Gasteiger partial charge in [-0.2, -0.15) is 0 Å². The van der Waals surface area contributed by atoms with Crippen molar-refractivity contribution in [2.75, 3.05) is 18.7 Å². The van der Waals surface area contributed by atoms with Gasteiger partial charge in [-0.25, -0.2) is 0 Å². The average molecular weight is 421 g/mol. The zero-order chi connectivity index (χ0) is 17.8. The van der Waals surface area contributed by atoms with E-state index in [1.807, 2.05) is 18.2 Å². The van der Waals surface area contributed by atoms with Crippen molar-refractivity contribution in [2.24, 2.45) is 0 Å². The van der Waals surface area contributed by atoms with Crippen molar-refractivity contribution in [3.63, 3.8) is 0 Å². The summed E-state index contributed by atoms with van der Waals surface area (Å²) >= 11 is 23.5. The van der Waals surface area contributed by atoms with Crippen LogP contribution in [0, 0.1) is 0 Å². The minimum absolute atomic E-state index is 0.120. The quantitative estimate of drug-likeness (QED) is 0.618. The fourth-order valence-corrected chi connectivity index (χ4v) is 2.97. The van der Waals surface area contributed by atoms with Gasteiger partial charge in [-0.1, -0.05) is 52.5 Å². The summed E-state index contributed by atoms with van der Waals surface area (Å²) < 4.78 is 16.3. The van der Waals surface area contributed by atoms with Gasteiger partial charge in [0.15, 0.2) is 17.2 Å². The van der Waals surface area contributed by atoms with Gasteiger partial charge >= 0.3 is 0 Å². The minimum Gasteiger partial charge on any atom is -0.486 e. The van der Waals surface area contributed by atoms with Gasteiger partial charge in [-0.05, 0) is 35.9 Å². The van der Waals surface area contributed by atoms with Crippen LogP contribution in [0.5, 0.6) is 17.2 Å². The molecule has 0 bridgehead atoms. The molecule has 1 N–H and O–H groups in total. The molecule has 3 rings (SSSR count). The van der Waals surface area contributed by atoms with Crippen LogP contribution >= 0.6 is 46.4 Å². The number of halogens is 4. The molecule has 2 aromatic carbocycles. The van der Waals surface area contributed by atoms with Crippen LogP contribution in [0.15, 0.2) is 40.9 Å². The molecule has 0 unspecified atom stereocenters. The van der Waals surface area contributed by atoms with E-state index < -0.39 is 0 Å². The van der Waals surface area contributed by atoms with Crippen LogP contribution in [0.25, 0.3) is 0 Å². The molecule has 0 aromatic heterocycles. The van der Waals surface area contributed by atoms with Crippen LogP contribution in [0.2, 0.25) is 10.0 Å². The summed E-state index contributed by atoms with van der Waals surface area (Å²) in [5.74, 6) is 1.87. The molecule has 0 saturated heterocycles. The Hall–Kier alpha value is -1.46. The number of hydrogen-bond acceptors (Lipinski definition) is 4. The van der Waals surface area contributed by atoms with Gasteiger partial charge in [0.1, 0.15) is 11.1 Å². The Balaban J connectivity index is 1.66.